The molecule has 2 rings (SSSR count). The summed E-state index contributed by atoms with van der Waals surface area (Å²) in [6.45, 7) is 5.07. The number of hydrogen-bond donors (Lipinski definition) is 1. The Morgan fingerprint density at radius 2 is 2.17 bits per heavy atom. The number of aryl methyl sites for hydroxylation is 1. The van der Waals surface area contributed by atoms with E-state index >= 15 is 0 Å². The van der Waals surface area contributed by atoms with Gasteiger partial charge in [0, 0.05) is 6.61 Å². The van der Waals surface area contributed by atoms with Gasteiger partial charge in [-0.25, -0.2) is 0 Å². The van der Waals surface area contributed by atoms with E-state index < -0.39 is 0 Å². The molecule has 1 aromatic carbocycles. The average Bonchev–Trinajstić information content (AvgIpc) is 2.34. The Morgan fingerprint density at radius 3 is 2.94 bits per heavy atom. The molecular formula is C15H22O3. The van der Waals surface area contributed by atoms with E-state index in [4.69, 9.17) is 14.6 Å². The molecule has 0 aromatic heterocycles. The van der Waals surface area contributed by atoms with Crippen molar-refractivity contribution in [2.45, 2.75) is 45.1 Å². The van der Waals surface area contributed by atoms with Crippen LogP contribution < -0.4 is 9.47 Å². The highest BCUT2D eigenvalue weighted by Gasteiger charge is 2.28. The molecule has 3 heteroatoms. The minimum atomic E-state index is -0.114. The molecule has 0 atom stereocenters. The number of benzene rings is 1. The van der Waals surface area contributed by atoms with E-state index in [2.05, 4.69) is 19.9 Å². The van der Waals surface area contributed by atoms with Gasteiger partial charge in [0.1, 0.15) is 5.60 Å². The van der Waals surface area contributed by atoms with Crippen LogP contribution in [0.2, 0.25) is 0 Å². The van der Waals surface area contributed by atoms with Crippen LogP contribution in [0.1, 0.15) is 38.7 Å². The standard InChI is InChI=1S/C15H22O3/c1-15(2)9-8-12-6-5-7-13(14(12)18-15)17-11-4-3-10-16/h5-7,16H,3-4,8-11H2,1-2H3. The zero-order valence-corrected chi connectivity index (χ0v) is 11.2. The van der Waals surface area contributed by atoms with Crippen molar-refractivity contribution in [1.29, 1.82) is 0 Å². The van der Waals surface area contributed by atoms with Gasteiger partial charge in [-0.3, -0.25) is 0 Å². The summed E-state index contributed by atoms with van der Waals surface area (Å²) < 4.78 is 11.8. The first-order valence-electron chi connectivity index (χ1n) is 6.67. The molecule has 1 aliphatic heterocycles. The predicted molar refractivity (Wildman–Crippen MR) is 71.3 cm³/mol. The summed E-state index contributed by atoms with van der Waals surface area (Å²) in [5.41, 5.74) is 1.12. The molecule has 18 heavy (non-hydrogen) atoms. The number of hydrogen-bond acceptors (Lipinski definition) is 3. The minimum absolute atomic E-state index is 0.114. The third-order valence-electron chi connectivity index (χ3n) is 3.25. The first-order chi connectivity index (χ1) is 8.62. The number of unbranched alkanes of at least 4 members (excludes halogenated alkanes) is 1. The lowest BCUT2D eigenvalue weighted by molar-refractivity contribution is 0.0789. The Morgan fingerprint density at radius 1 is 1.33 bits per heavy atom. The van der Waals surface area contributed by atoms with Crippen LogP contribution in [0.25, 0.3) is 0 Å². The van der Waals surface area contributed by atoms with Crippen molar-refractivity contribution < 1.29 is 14.6 Å². The van der Waals surface area contributed by atoms with Crippen LogP contribution in [0.4, 0.5) is 0 Å². The molecule has 0 unspecified atom stereocenters. The lowest BCUT2D eigenvalue weighted by Gasteiger charge is -2.33. The number of aliphatic hydroxyl groups is 1. The number of fused-ring (bicyclic) bond motifs is 1. The molecule has 0 bridgehead atoms. The Balaban J connectivity index is 2.07. The summed E-state index contributed by atoms with van der Waals surface area (Å²) in [6, 6.07) is 6.08. The zero-order chi connectivity index (χ0) is 13.0. The fourth-order valence-electron chi connectivity index (χ4n) is 2.15. The number of aliphatic hydroxyl groups excluding tert-OH is 1. The van der Waals surface area contributed by atoms with Gasteiger partial charge in [0.2, 0.25) is 0 Å². The van der Waals surface area contributed by atoms with Crippen molar-refractivity contribution in [2.75, 3.05) is 13.2 Å². The highest BCUT2D eigenvalue weighted by atomic mass is 16.5. The van der Waals surface area contributed by atoms with Gasteiger partial charge in [-0.1, -0.05) is 12.1 Å². The summed E-state index contributed by atoms with van der Waals surface area (Å²) in [7, 11) is 0. The molecule has 0 amide bonds. The molecule has 3 nitrogen and oxygen atoms in total. The molecule has 0 saturated heterocycles. The lowest BCUT2D eigenvalue weighted by Crippen LogP contribution is -2.32. The van der Waals surface area contributed by atoms with Crippen LogP contribution in [0.3, 0.4) is 0 Å². The first-order valence-corrected chi connectivity index (χ1v) is 6.67. The number of para-hydroxylation sites is 1. The molecular weight excluding hydrogens is 228 g/mol. The highest BCUT2D eigenvalue weighted by molar-refractivity contribution is 5.48. The monoisotopic (exact) mass is 250 g/mol. The molecule has 0 fully saturated rings. The fourth-order valence-corrected chi connectivity index (χ4v) is 2.15. The number of rotatable bonds is 5. The number of ether oxygens (including phenoxy) is 2. The predicted octanol–water partition coefficient (Wildman–Crippen LogP) is 2.94. The highest BCUT2D eigenvalue weighted by Crippen LogP contribution is 2.39. The second-order valence-electron chi connectivity index (χ2n) is 5.39. The zero-order valence-electron chi connectivity index (χ0n) is 11.2. The van der Waals surface area contributed by atoms with Crippen LogP contribution in [-0.4, -0.2) is 23.9 Å². The molecule has 0 spiro atoms. The summed E-state index contributed by atoms with van der Waals surface area (Å²) >= 11 is 0. The average molecular weight is 250 g/mol. The molecule has 1 heterocycles. The summed E-state index contributed by atoms with van der Waals surface area (Å²) in [5, 5.41) is 8.74. The third kappa shape index (κ3) is 3.16. The first kappa shape index (κ1) is 13.2. The molecule has 1 aromatic rings. The van der Waals surface area contributed by atoms with Crippen LogP contribution in [0.15, 0.2) is 18.2 Å². The molecule has 100 valence electrons. The maximum Gasteiger partial charge on any atom is 0.165 e. The summed E-state index contributed by atoms with van der Waals surface area (Å²) in [5.74, 6) is 1.73. The van der Waals surface area contributed by atoms with Crippen molar-refractivity contribution >= 4 is 0 Å². The van der Waals surface area contributed by atoms with E-state index in [-0.39, 0.29) is 12.2 Å². The molecule has 1 aliphatic rings. The van der Waals surface area contributed by atoms with Crippen molar-refractivity contribution in [1.82, 2.24) is 0 Å². The normalized spacial score (nSPS) is 16.8. The van der Waals surface area contributed by atoms with Crippen LogP contribution in [-0.2, 0) is 6.42 Å². The largest absolute Gasteiger partial charge is 0.490 e. The smallest absolute Gasteiger partial charge is 0.165 e. The lowest BCUT2D eigenvalue weighted by atomic mass is 9.94. The van der Waals surface area contributed by atoms with E-state index in [1.165, 1.54) is 5.56 Å². The van der Waals surface area contributed by atoms with E-state index in [1.807, 2.05) is 12.1 Å². The van der Waals surface area contributed by atoms with Gasteiger partial charge in [-0.15, -0.1) is 0 Å². The van der Waals surface area contributed by atoms with Crippen LogP contribution >= 0.6 is 0 Å². The minimum Gasteiger partial charge on any atom is -0.490 e. The Kier molecular flexibility index (Phi) is 4.12. The van der Waals surface area contributed by atoms with Gasteiger partial charge in [0.05, 0.1) is 6.61 Å². The molecule has 0 radical (unpaired) electrons. The second-order valence-corrected chi connectivity index (χ2v) is 5.39. The molecule has 0 saturated carbocycles. The maximum absolute atomic E-state index is 8.74. The van der Waals surface area contributed by atoms with Crippen molar-refractivity contribution in [2.24, 2.45) is 0 Å². The van der Waals surface area contributed by atoms with Gasteiger partial charge >= 0.3 is 0 Å². The Hall–Kier alpha value is -1.22. The van der Waals surface area contributed by atoms with Gasteiger partial charge in [0.15, 0.2) is 11.5 Å². The van der Waals surface area contributed by atoms with Crippen LogP contribution in [0, 0.1) is 0 Å². The topological polar surface area (TPSA) is 38.7 Å². The maximum atomic E-state index is 8.74. The second kappa shape index (κ2) is 5.61. The Bertz CT molecular complexity index is 399. The molecule has 1 N–H and O–H groups in total. The van der Waals surface area contributed by atoms with E-state index in [9.17, 15) is 0 Å². The van der Waals surface area contributed by atoms with Gasteiger partial charge in [-0.05, 0) is 51.2 Å². The van der Waals surface area contributed by atoms with E-state index in [0.29, 0.717) is 6.61 Å². The van der Waals surface area contributed by atoms with Gasteiger partial charge in [0.25, 0.3) is 0 Å². The van der Waals surface area contributed by atoms with Gasteiger partial charge < -0.3 is 14.6 Å². The SMILES string of the molecule is CC1(C)CCc2cccc(OCCCCO)c2O1. The van der Waals surface area contributed by atoms with E-state index in [0.717, 1.165) is 37.2 Å². The summed E-state index contributed by atoms with van der Waals surface area (Å²) in [4.78, 5) is 0. The van der Waals surface area contributed by atoms with Crippen LogP contribution in [0.5, 0.6) is 11.5 Å². The quantitative estimate of drug-likeness (QED) is 0.817. The van der Waals surface area contributed by atoms with Crippen molar-refractivity contribution in [3.63, 3.8) is 0 Å². The summed E-state index contributed by atoms with van der Waals surface area (Å²) in [6.07, 6.45) is 3.72. The van der Waals surface area contributed by atoms with Crippen molar-refractivity contribution in [3.8, 4) is 11.5 Å². The third-order valence-corrected chi connectivity index (χ3v) is 3.25. The fraction of sp³-hybridized carbons (Fsp3) is 0.600. The van der Waals surface area contributed by atoms with Crippen molar-refractivity contribution in [3.05, 3.63) is 23.8 Å². The van der Waals surface area contributed by atoms with E-state index in [1.54, 1.807) is 0 Å². The Labute approximate surface area is 109 Å². The van der Waals surface area contributed by atoms with Gasteiger partial charge in [-0.2, -0.15) is 0 Å². The molecule has 0 aliphatic carbocycles.